The minimum absolute atomic E-state index is 0. The molecule has 4 heteroatoms. The second-order valence-electron chi connectivity index (χ2n) is 3.31. The van der Waals surface area contributed by atoms with Gasteiger partial charge in [-0.1, -0.05) is 36.9 Å². The van der Waals surface area contributed by atoms with E-state index in [-0.39, 0.29) is 35.3 Å². The first-order chi connectivity index (χ1) is 7.74. The van der Waals surface area contributed by atoms with Crippen LogP contribution < -0.4 is 34.7 Å². The van der Waals surface area contributed by atoms with Gasteiger partial charge in [-0.3, -0.25) is 0 Å². The molecule has 0 aliphatic carbocycles. The van der Waals surface area contributed by atoms with Crippen LogP contribution in [0.4, 0.5) is 0 Å². The monoisotopic (exact) mass is 235 g/mol. The first-order valence-electron chi connectivity index (χ1n) is 4.84. The molecular formula is C13H10NNaO2. The molecule has 1 aromatic heterocycles. The van der Waals surface area contributed by atoms with E-state index in [1.54, 1.807) is 6.07 Å². The Labute approximate surface area is 122 Å². The number of carbonyl (C=O) groups is 1. The Kier molecular flexibility index (Phi) is 4.75. The van der Waals surface area contributed by atoms with Gasteiger partial charge in [0.1, 0.15) is 0 Å². The molecule has 0 N–H and O–H groups in total. The molecule has 0 fully saturated rings. The summed E-state index contributed by atoms with van der Waals surface area (Å²) in [6.07, 6.45) is 1.47. The standard InChI is InChI=1S/C13H11NO2.Na/c1-2-14-11(8-9-12(14)13(15)16)10-6-4-3-5-7-10;/h2-9H,1H2,(H,15,16);/q;+1/p-1. The van der Waals surface area contributed by atoms with Gasteiger partial charge in [-0.2, -0.15) is 0 Å². The SMILES string of the molecule is C=Cn1c(C(=O)[O-])ccc1-c1ccccc1.[Na+]. The number of carboxylic acids is 1. The van der Waals surface area contributed by atoms with Gasteiger partial charge in [0.2, 0.25) is 0 Å². The van der Waals surface area contributed by atoms with Gasteiger partial charge in [-0.25, -0.2) is 0 Å². The van der Waals surface area contributed by atoms with Crippen molar-refractivity contribution in [3.63, 3.8) is 0 Å². The summed E-state index contributed by atoms with van der Waals surface area (Å²) in [6, 6.07) is 12.8. The molecule has 0 saturated heterocycles. The third kappa shape index (κ3) is 2.69. The smallest absolute Gasteiger partial charge is 0.543 e. The number of hydrogen-bond acceptors (Lipinski definition) is 2. The van der Waals surface area contributed by atoms with Crippen LogP contribution in [0.2, 0.25) is 0 Å². The quantitative estimate of drug-likeness (QED) is 0.616. The molecule has 0 bridgehead atoms. The minimum atomic E-state index is -1.21. The number of benzene rings is 1. The molecule has 0 radical (unpaired) electrons. The third-order valence-electron chi connectivity index (χ3n) is 2.38. The van der Waals surface area contributed by atoms with E-state index in [2.05, 4.69) is 6.58 Å². The van der Waals surface area contributed by atoms with Gasteiger partial charge in [0.05, 0.1) is 17.4 Å². The summed E-state index contributed by atoms with van der Waals surface area (Å²) in [5, 5.41) is 10.8. The Morgan fingerprint density at radius 1 is 1.18 bits per heavy atom. The maximum atomic E-state index is 10.8. The van der Waals surface area contributed by atoms with Crippen molar-refractivity contribution in [3.8, 4) is 11.3 Å². The molecule has 17 heavy (non-hydrogen) atoms. The van der Waals surface area contributed by atoms with Gasteiger partial charge in [0.25, 0.3) is 0 Å². The summed E-state index contributed by atoms with van der Waals surface area (Å²) in [5.74, 6) is -1.21. The fraction of sp³-hybridized carbons (Fsp3) is 0. The van der Waals surface area contributed by atoms with E-state index >= 15 is 0 Å². The second kappa shape index (κ2) is 5.87. The molecule has 0 spiro atoms. The summed E-state index contributed by atoms with van der Waals surface area (Å²) in [7, 11) is 0. The average Bonchev–Trinajstić information content (AvgIpc) is 2.73. The second-order valence-corrected chi connectivity index (χ2v) is 3.31. The van der Waals surface area contributed by atoms with Gasteiger partial charge in [0.15, 0.2) is 0 Å². The molecule has 0 atom stereocenters. The molecule has 0 saturated carbocycles. The zero-order valence-electron chi connectivity index (χ0n) is 9.59. The predicted molar refractivity (Wildman–Crippen MR) is 60.6 cm³/mol. The van der Waals surface area contributed by atoms with Gasteiger partial charge in [-0.05, 0) is 17.7 Å². The predicted octanol–water partition coefficient (Wildman–Crippen LogP) is -1.38. The fourth-order valence-electron chi connectivity index (χ4n) is 1.66. The van der Waals surface area contributed by atoms with E-state index in [1.165, 1.54) is 16.8 Å². The Hall–Kier alpha value is -1.29. The average molecular weight is 235 g/mol. The van der Waals surface area contributed by atoms with Crippen LogP contribution in [0.5, 0.6) is 0 Å². The minimum Gasteiger partial charge on any atom is -0.543 e. The molecular weight excluding hydrogens is 225 g/mol. The first-order valence-corrected chi connectivity index (χ1v) is 4.84. The molecule has 2 aromatic rings. The van der Waals surface area contributed by atoms with Crippen LogP contribution in [0.3, 0.4) is 0 Å². The molecule has 0 unspecified atom stereocenters. The molecule has 1 heterocycles. The van der Waals surface area contributed by atoms with Crippen molar-refractivity contribution < 1.29 is 39.5 Å². The summed E-state index contributed by atoms with van der Waals surface area (Å²) in [6.45, 7) is 3.60. The van der Waals surface area contributed by atoms with Gasteiger partial charge < -0.3 is 14.5 Å². The Morgan fingerprint density at radius 3 is 2.35 bits per heavy atom. The summed E-state index contributed by atoms with van der Waals surface area (Å²) in [5.41, 5.74) is 1.83. The van der Waals surface area contributed by atoms with Gasteiger partial charge in [-0.15, -0.1) is 0 Å². The van der Waals surface area contributed by atoms with Gasteiger partial charge >= 0.3 is 29.6 Å². The van der Waals surface area contributed by atoms with E-state index in [4.69, 9.17) is 0 Å². The fourth-order valence-corrected chi connectivity index (χ4v) is 1.66. The normalized spacial score (nSPS) is 9.41. The van der Waals surface area contributed by atoms with E-state index < -0.39 is 5.97 Å². The van der Waals surface area contributed by atoms with Crippen molar-refractivity contribution in [3.05, 3.63) is 54.7 Å². The zero-order chi connectivity index (χ0) is 11.5. The molecule has 80 valence electrons. The van der Waals surface area contributed by atoms with Crippen LogP contribution in [0.1, 0.15) is 10.5 Å². The molecule has 0 amide bonds. The van der Waals surface area contributed by atoms with Crippen LogP contribution in [-0.4, -0.2) is 10.5 Å². The van der Waals surface area contributed by atoms with E-state index in [0.29, 0.717) is 0 Å². The number of rotatable bonds is 3. The topological polar surface area (TPSA) is 45.1 Å². The number of nitrogens with zero attached hydrogens (tertiary/aromatic N) is 1. The van der Waals surface area contributed by atoms with Crippen LogP contribution in [0.15, 0.2) is 49.0 Å². The first kappa shape index (κ1) is 13.8. The number of aromatic nitrogens is 1. The van der Waals surface area contributed by atoms with Crippen molar-refractivity contribution >= 4 is 12.2 Å². The van der Waals surface area contributed by atoms with Crippen LogP contribution in [0.25, 0.3) is 17.5 Å². The van der Waals surface area contributed by atoms with E-state index in [0.717, 1.165) is 11.3 Å². The van der Waals surface area contributed by atoms with Crippen LogP contribution in [-0.2, 0) is 0 Å². The Balaban J connectivity index is 0.00000144. The molecule has 0 aliphatic rings. The van der Waals surface area contributed by atoms with Crippen molar-refractivity contribution in [1.29, 1.82) is 0 Å². The maximum absolute atomic E-state index is 10.8. The molecule has 0 aliphatic heterocycles. The van der Waals surface area contributed by atoms with Crippen molar-refractivity contribution in [2.45, 2.75) is 0 Å². The number of hydrogen-bond donors (Lipinski definition) is 0. The molecule has 2 rings (SSSR count). The van der Waals surface area contributed by atoms with Crippen molar-refractivity contribution in [2.24, 2.45) is 0 Å². The van der Waals surface area contributed by atoms with Gasteiger partial charge in [0, 0.05) is 6.20 Å². The van der Waals surface area contributed by atoms with E-state index in [9.17, 15) is 9.90 Å². The third-order valence-corrected chi connectivity index (χ3v) is 2.38. The molecule has 1 aromatic carbocycles. The number of carbonyl (C=O) groups excluding carboxylic acids is 1. The largest absolute Gasteiger partial charge is 1.00 e. The van der Waals surface area contributed by atoms with E-state index in [1.807, 2.05) is 30.3 Å². The Morgan fingerprint density at radius 2 is 1.82 bits per heavy atom. The molecule has 3 nitrogen and oxygen atoms in total. The zero-order valence-corrected chi connectivity index (χ0v) is 11.6. The number of carboxylic acid groups (broad SMARTS) is 1. The summed E-state index contributed by atoms with van der Waals surface area (Å²) in [4.78, 5) is 10.8. The van der Waals surface area contributed by atoms with Crippen LogP contribution in [0, 0.1) is 0 Å². The summed E-state index contributed by atoms with van der Waals surface area (Å²) < 4.78 is 1.50. The number of aromatic carboxylic acids is 1. The van der Waals surface area contributed by atoms with Crippen molar-refractivity contribution in [1.82, 2.24) is 4.57 Å². The Bertz CT molecular complexity index is 532. The van der Waals surface area contributed by atoms with Crippen molar-refractivity contribution in [2.75, 3.05) is 0 Å². The maximum Gasteiger partial charge on any atom is 1.00 e. The summed E-state index contributed by atoms with van der Waals surface area (Å²) >= 11 is 0. The van der Waals surface area contributed by atoms with Crippen LogP contribution >= 0.6 is 0 Å².